The summed E-state index contributed by atoms with van der Waals surface area (Å²) in [4.78, 5) is 17.7. The van der Waals surface area contributed by atoms with Gasteiger partial charge in [-0.25, -0.2) is 0 Å². The van der Waals surface area contributed by atoms with E-state index >= 15 is 0 Å². The van der Waals surface area contributed by atoms with Crippen LogP contribution in [0, 0.1) is 20.8 Å². The number of nitrogens with zero attached hydrogens (tertiary/aromatic N) is 2. The van der Waals surface area contributed by atoms with Gasteiger partial charge in [-0.15, -0.1) is 0 Å². The number of hydrogen-bond acceptors (Lipinski definition) is 2. The molecule has 0 radical (unpaired) electrons. The monoisotopic (exact) mass is 204 g/mol. The minimum Gasteiger partial charge on any atom is -0.333 e. The number of hydrogen-bond donors (Lipinski definition) is 0. The molecular formula is C12H16N2O. The molecule has 2 heterocycles. The molecule has 1 aromatic heterocycles. The lowest BCUT2D eigenvalue weighted by atomic mass is 10.0. The molecule has 0 N–H and O–H groups in total. The Labute approximate surface area is 90.1 Å². The molecule has 3 nitrogen and oxygen atoms in total. The molecule has 0 atom stereocenters. The van der Waals surface area contributed by atoms with E-state index in [2.05, 4.69) is 18.8 Å². The second-order valence-corrected chi connectivity index (χ2v) is 4.25. The number of carbonyl (C=O) groups excluding carboxylic acids is 1. The number of amides is 1. The molecule has 15 heavy (non-hydrogen) atoms. The van der Waals surface area contributed by atoms with Gasteiger partial charge >= 0.3 is 0 Å². The van der Waals surface area contributed by atoms with Crippen LogP contribution in [0.25, 0.3) is 0 Å². The Morgan fingerprint density at radius 2 is 1.87 bits per heavy atom. The average Bonchev–Trinajstić information content (AvgIpc) is 2.58. The number of pyridine rings is 1. The predicted octanol–water partition coefficient (Wildman–Crippen LogP) is 1.87. The van der Waals surface area contributed by atoms with E-state index in [-0.39, 0.29) is 5.91 Å². The number of aryl methyl sites for hydroxylation is 1. The lowest BCUT2D eigenvalue weighted by molar-refractivity contribution is -0.129. The Kier molecular flexibility index (Phi) is 2.25. The topological polar surface area (TPSA) is 33.2 Å². The fraction of sp³-hybridized carbons (Fsp3) is 0.500. The van der Waals surface area contributed by atoms with Gasteiger partial charge in [-0.05, 0) is 37.5 Å². The van der Waals surface area contributed by atoms with Crippen molar-refractivity contribution in [3.8, 4) is 0 Å². The zero-order valence-corrected chi connectivity index (χ0v) is 9.72. The molecule has 1 aliphatic heterocycles. The molecule has 0 bridgehead atoms. The van der Waals surface area contributed by atoms with Gasteiger partial charge in [-0.1, -0.05) is 0 Å². The summed E-state index contributed by atoms with van der Waals surface area (Å²) in [5, 5.41) is 0. The predicted molar refractivity (Wildman–Crippen MR) is 58.4 cm³/mol. The SMILES string of the molecule is CC(=O)N1Cc2nc(C)c(C)c(C)c2C1. The first-order valence-corrected chi connectivity index (χ1v) is 5.21. The average molecular weight is 204 g/mol. The van der Waals surface area contributed by atoms with Crippen molar-refractivity contribution in [3.63, 3.8) is 0 Å². The molecule has 0 saturated carbocycles. The maximum atomic E-state index is 11.3. The summed E-state index contributed by atoms with van der Waals surface area (Å²) in [5.74, 6) is 0.128. The fourth-order valence-electron chi connectivity index (χ4n) is 2.06. The number of rotatable bonds is 0. The van der Waals surface area contributed by atoms with E-state index in [4.69, 9.17) is 0 Å². The normalized spacial score (nSPS) is 14.3. The Balaban J connectivity index is 2.47. The second-order valence-electron chi connectivity index (χ2n) is 4.25. The fourth-order valence-corrected chi connectivity index (χ4v) is 2.06. The summed E-state index contributed by atoms with van der Waals surface area (Å²) in [6, 6.07) is 0. The molecule has 1 amide bonds. The minimum absolute atomic E-state index is 0.128. The van der Waals surface area contributed by atoms with Crippen LogP contribution in [-0.2, 0) is 17.9 Å². The third-order valence-electron chi connectivity index (χ3n) is 3.34. The van der Waals surface area contributed by atoms with Gasteiger partial charge in [-0.3, -0.25) is 9.78 Å². The van der Waals surface area contributed by atoms with Crippen LogP contribution >= 0.6 is 0 Å². The highest BCUT2D eigenvalue weighted by Crippen LogP contribution is 2.27. The highest BCUT2D eigenvalue weighted by molar-refractivity contribution is 5.74. The van der Waals surface area contributed by atoms with Gasteiger partial charge in [0, 0.05) is 19.2 Å². The van der Waals surface area contributed by atoms with E-state index in [0.717, 1.165) is 17.9 Å². The molecule has 0 aliphatic carbocycles. The van der Waals surface area contributed by atoms with Crippen molar-refractivity contribution in [3.05, 3.63) is 28.1 Å². The van der Waals surface area contributed by atoms with Crippen molar-refractivity contribution in [2.45, 2.75) is 40.8 Å². The van der Waals surface area contributed by atoms with Gasteiger partial charge in [0.15, 0.2) is 0 Å². The van der Waals surface area contributed by atoms with Crippen molar-refractivity contribution in [1.29, 1.82) is 0 Å². The second kappa shape index (κ2) is 3.33. The van der Waals surface area contributed by atoms with E-state index in [1.165, 1.54) is 16.7 Å². The maximum Gasteiger partial charge on any atom is 0.220 e. The Morgan fingerprint density at radius 1 is 1.20 bits per heavy atom. The quantitative estimate of drug-likeness (QED) is 0.646. The Bertz CT molecular complexity index is 438. The van der Waals surface area contributed by atoms with Crippen molar-refractivity contribution >= 4 is 5.91 Å². The third-order valence-corrected chi connectivity index (χ3v) is 3.34. The van der Waals surface area contributed by atoms with E-state index in [1.54, 1.807) is 6.92 Å². The van der Waals surface area contributed by atoms with Crippen molar-refractivity contribution in [2.75, 3.05) is 0 Å². The molecule has 0 saturated heterocycles. The zero-order chi connectivity index (χ0) is 11.2. The molecule has 0 spiro atoms. The minimum atomic E-state index is 0.128. The van der Waals surface area contributed by atoms with Crippen LogP contribution in [0.2, 0.25) is 0 Å². The van der Waals surface area contributed by atoms with E-state index in [1.807, 2.05) is 11.8 Å². The van der Waals surface area contributed by atoms with Gasteiger partial charge in [0.05, 0.1) is 12.2 Å². The van der Waals surface area contributed by atoms with Gasteiger partial charge < -0.3 is 4.90 Å². The molecule has 3 heteroatoms. The van der Waals surface area contributed by atoms with Crippen LogP contribution in [0.5, 0.6) is 0 Å². The van der Waals surface area contributed by atoms with Crippen LogP contribution in [-0.4, -0.2) is 15.8 Å². The summed E-state index contributed by atoms with van der Waals surface area (Å²) in [7, 11) is 0. The number of aromatic nitrogens is 1. The largest absolute Gasteiger partial charge is 0.333 e. The van der Waals surface area contributed by atoms with Crippen molar-refractivity contribution < 1.29 is 4.79 Å². The van der Waals surface area contributed by atoms with Gasteiger partial charge in [0.1, 0.15) is 0 Å². The molecule has 80 valence electrons. The summed E-state index contributed by atoms with van der Waals surface area (Å²) < 4.78 is 0. The van der Waals surface area contributed by atoms with Gasteiger partial charge in [-0.2, -0.15) is 0 Å². The van der Waals surface area contributed by atoms with Crippen LogP contribution in [0.15, 0.2) is 0 Å². The highest BCUT2D eigenvalue weighted by atomic mass is 16.2. The first-order valence-electron chi connectivity index (χ1n) is 5.21. The van der Waals surface area contributed by atoms with Crippen LogP contribution < -0.4 is 0 Å². The summed E-state index contributed by atoms with van der Waals surface area (Å²) in [6.07, 6.45) is 0. The van der Waals surface area contributed by atoms with E-state index < -0.39 is 0 Å². The zero-order valence-electron chi connectivity index (χ0n) is 9.72. The first kappa shape index (κ1) is 10.1. The number of fused-ring (bicyclic) bond motifs is 1. The lowest BCUT2D eigenvalue weighted by Crippen LogP contribution is -2.21. The smallest absolute Gasteiger partial charge is 0.220 e. The number of carbonyl (C=O) groups is 1. The van der Waals surface area contributed by atoms with Crippen molar-refractivity contribution in [1.82, 2.24) is 9.88 Å². The van der Waals surface area contributed by atoms with Crippen LogP contribution in [0.4, 0.5) is 0 Å². The van der Waals surface area contributed by atoms with Crippen LogP contribution in [0.1, 0.15) is 35.0 Å². The molecule has 0 unspecified atom stereocenters. The summed E-state index contributed by atoms with van der Waals surface area (Å²) >= 11 is 0. The van der Waals surface area contributed by atoms with E-state index in [0.29, 0.717) is 6.54 Å². The van der Waals surface area contributed by atoms with Gasteiger partial charge in [0.25, 0.3) is 0 Å². The Hall–Kier alpha value is -1.38. The first-order chi connectivity index (χ1) is 7.00. The lowest BCUT2D eigenvalue weighted by Gasteiger charge is -2.11. The van der Waals surface area contributed by atoms with Crippen molar-refractivity contribution in [2.24, 2.45) is 0 Å². The van der Waals surface area contributed by atoms with Gasteiger partial charge in [0.2, 0.25) is 5.91 Å². The highest BCUT2D eigenvalue weighted by Gasteiger charge is 2.24. The standard InChI is InChI=1S/C12H16N2O/c1-7-8(2)11-5-14(10(4)15)6-12(11)13-9(7)3/h5-6H2,1-4H3. The van der Waals surface area contributed by atoms with E-state index in [9.17, 15) is 4.79 Å². The Morgan fingerprint density at radius 3 is 2.47 bits per heavy atom. The molecule has 1 aromatic rings. The summed E-state index contributed by atoms with van der Waals surface area (Å²) in [6.45, 7) is 9.25. The maximum absolute atomic E-state index is 11.3. The third kappa shape index (κ3) is 1.52. The molecular weight excluding hydrogens is 188 g/mol. The summed E-state index contributed by atoms with van der Waals surface area (Å²) in [5.41, 5.74) is 5.94. The molecule has 0 aromatic carbocycles. The molecule has 1 aliphatic rings. The van der Waals surface area contributed by atoms with Crippen LogP contribution in [0.3, 0.4) is 0 Å². The molecule has 2 rings (SSSR count). The molecule has 0 fully saturated rings.